The molecule has 1 unspecified atom stereocenters. The molecule has 1 heterocycles. The highest BCUT2D eigenvalue weighted by atomic mass is 35.5. The van der Waals surface area contributed by atoms with Crippen molar-refractivity contribution in [3.05, 3.63) is 35.9 Å². The Morgan fingerprint density at radius 3 is 2.61 bits per heavy atom. The number of benzene rings is 1. The van der Waals surface area contributed by atoms with Crippen molar-refractivity contribution in [2.45, 2.75) is 44.2 Å². The average molecular weight is 339 g/mol. The summed E-state index contributed by atoms with van der Waals surface area (Å²) in [5.41, 5.74) is 1.29. The predicted molar refractivity (Wildman–Crippen MR) is 94.0 cm³/mol. The summed E-state index contributed by atoms with van der Waals surface area (Å²) in [6, 6.07) is 10.8. The molecule has 1 N–H and O–H groups in total. The molecule has 1 saturated heterocycles. The predicted octanol–water partition coefficient (Wildman–Crippen LogP) is 2.41. The average Bonchev–Trinajstić information content (AvgIpc) is 3.11. The van der Waals surface area contributed by atoms with E-state index in [1.165, 1.54) is 18.4 Å². The highest BCUT2D eigenvalue weighted by Crippen LogP contribution is 2.25. The SMILES string of the molecule is Cl.O=C(C1CNCCO1)N(CCc1ccccc1)C1CCCC1. The van der Waals surface area contributed by atoms with E-state index in [1.54, 1.807) is 0 Å². The maximum absolute atomic E-state index is 12.9. The van der Waals surface area contributed by atoms with Gasteiger partial charge in [-0.25, -0.2) is 0 Å². The van der Waals surface area contributed by atoms with Crippen LogP contribution in [-0.4, -0.2) is 49.2 Å². The van der Waals surface area contributed by atoms with Gasteiger partial charge in [0.2, 0.25) is 0 Å². The minimum Gasteiger partial charge on any atom is -0.366 e. The lowest BCUT2D eigenvalue weighted by Crippen LogP contribution is -2.52. The Bertz CT molecular complexity index is 471. The number of ether oxygens (including phenoxy) is 1. The fourth-order valence-corrected chi connectivity index (χ4v) is 3.49. The van der Waals surface area contributed by atoms with Gasteiger partial charge in [0, 0.05) is 25.7 Å². The van der Waals surface area contributed by atoms with Crippen molar-refractivity contribution in [1.82, 2.24) is 10.2 Å². The van der Waals surface area contributed by atoms with Crippen molar-refractivity contribution in [3.8, 4) is 0 Å². The first-order valence-electron chi connectivity index (χ1n) is 8.51. The third-order valence-corrected chi connectivity index (χ3v) is 4.74. The van der Waals surface area contributed by atoms with Gasteiger partial charge in [-0.05, 0) is 24.8 Å². The van der Waals surface area contributed by atoms with Gasteiger partial charge >= 0.3 is 0 Å². The van der Waals surface area contributed by atoms with Crippen LogP contribution in [0.25, 0.3) is 0 Å². The van der Waals surface area contributed by atoms with E-state index < -0.39 is 0 Å². The van der Waals surface area contributed by atoms with E-state index in [4.69, 9.17) is 4.74 Å². The van der Waals surface area contributed by atoms with Crippen molar-refractivity contribution in [2.24, 2.45) is 0 Å². The summed E-state index contributed by atoms with van der Waals surface area (Å²) in [4.78, 5) is 15.0. The molecule has 0 bridgehead atoms. The second-order valence-corrected chi connectivity index (χ2v) is 6.27. The molecule has 2 aliphatic rings. The summed E-state index contributed by atoms with van der Waals surface area (Å²) in [5.74, 6) is 0.176. The Hall–Kier alpha value is -1.10. The zero-order chi connectivity index (χ0) is 15.2. The smallest absolute Gasteiger partial charge is 0.253 e. The Labute approximate surface area is 145 Å². The minimum atomic E-state index is -0.301. The Morgan fingerprint density at radius 1 is 1.22 bits per heavy atom. The molecule has 1 amide bonds. The second-order valence-electron chi connectivity index (χ2n) is 6.27. The van der Waals surface area contributed by atoms with Gasteiger partial charge in [-0.3, -0.25) is 4.79 Å². The first-order chi connectivity index (χ1) is 10.8. The van der Waals surface area contributed by atoms with Gasteiger partial charge in [-0.2, -0.15) is 0 Å². The van der Waals surface area contributed by atoms with Crippen LogP contribution in [0.15, 0.2) is 30.3 Å². The van der Waals surface area contributed by atoms with Gasteiger partial charge in [0.1, 0.15) is 6.10 Å². The number of rotatable bonds is 5. The number of hydrogen-bond acceptors (Lipinski definition) is 3. The molecule has 1 aliphatic heterocycles. The molecule has 1 aliphatic carbocycles. The van der Waals surface area contributed by atoms with Crippen LogP contribution in [-0.2, 0) is 16.0 Å². The molecule has 0 aromatic heterocycles. The topological polar surface area (TPSA) is 41.6 Å². The number of nitrogens with zero attached hydrogens (tertiary/aromatic N) is 1. The number of hydrogen-bond donors (Lipinski definition) is 1. The van der Waals surface area contributed by atoms with Crippen LogP contribution in [0.2, 0.25) is 0 Å². The molecule has 1 saturated carbocycles. The number of halogens is 1. The molecule has 0 spiro atoms. The summed E-state index contributed by atoms with van der Waals surface area (Å²) in [6.07, 6.45) is 5.38. The van der Waals surface area contributed by atoms with Crippen molar-refractivity contribution < 1.29 is 9.53 Å². The molecule has 1 aromatic rings. The summed E-state index contributed by atoms with van der Waals surface area (Å²) in [6.45, 7) is 2.92. The molecular weight excluding hydrogens is 312 g/mol. The molecule has 128 valence electrons. The fourth-order valence-electron chi connectivity index (χ4n) is 3.49. The Kier molecular flexibility index (Phi) is 7.34. The van der Waals surface area contributed by atoms with E-state index in [2.05, 4.69) is 34.5 Å². The van der Waals surface area contributed by atoms with Gasteiger partial charge in [0.05, 0.1) is 6.61 Å². The van der Waals surface area contributed by atoms with E-state index >= 15 is 0 Å². The first-order valence-corrected chi connectivity index (χ1v) is 8.51. The lowest BCUT2D eigenvalue weighted by molar-refractivity contribution is -0.147. The first kappa shape index (κ1) is 18.2. The minimum absolute atomic E-state index is 0. The molecule has 3 rings (SSSR count). The third-order valence-electron chi connectivity index (χ3n) is 4.74. The molecule has 1 aromatic carbocycles. The van der Waals surface area contributed by atoms with Crippen LogP contribution in [0.3, 0.4) is 0 Å². The molecule has 0 radical (unpaired) electrons. The lowest BCUT2D eigenvalue weighted by Gasteiger charge is -2.34. The second kappa shape index (κ2) is 9.26. The number of amides is 1. The number of morpholine rings is 1. The van der Waals surface area contributed by atoms with Crippen molar-refractivity contribution >= 4 is 18.3 Å². The molecule has 5 heteroatoms. The maximum atomic E-state index is 12.9. The van der Waals surface area contributed by atoms with Gasteiger partial charge in [-0.1, -0.05) is 43.2 Å². The lowest BCUT2D eigenvalue weighted by atomic mass is 10.1. The van der Waals surface area contributed by atoms with Crippen LogP contribution in [0.1, 0.15) is 31.2 Å². The molecule has 4 nitrogen and oxygen atoms in total. The third kappa shape index (κ3) is 4.93. The van der Waals surface area contributed by atoms with E-state index in [-0.39, 0.29) is 24.4 Å². The monoisotopic (exact) mass is 338 g/mol. The summed E-state index contributed by atoms with van der Waals surface area (Å²) in [5, 5.41) is 3.26. The van der Waals surface area contributed by atoms with Crippen molar-refractivity contribution in [1.29, 1.82) is 0 Å². The van der Waals surface area contributed by atoms with Crippen LogP contribution in [0, 0.1) is 0 Å². The quantitative estimate of drug-likeness (QED) is 0.896. The van der Waals surface area contributed by atoms with E-state index in [0.29, 0.717) is 19.2 Å². The van der Waals surface area contributed by atoms with Gasteiger partial charge in [-0.15, -0.1) is 12.4 Å². The van der Waals surface area contributed by atoms with Crippen LogP contribution >= 0.6 is 12.4 Å². The van der Waals surface area contributed by atoms with Gasteiger partial charge in [0.25, 0.3) is 5.91 Å². The molecule has 1 atom stereocenters. The van der Waals surface area contributed by atoms with E-state index in [9.17, 15) is 4.79 Å². The Morgan fingerprint density at radius 2 is 1.96 bits per heavy atom. The standard InChI is InChI=1S/C18H26N2O2.ClH/c21-18(17-14-19-11-13-22-17)20(16-8-4-5-9-16)12-10-15-6-2-1-3-7-15;/h1-3,6-7,16-17,19H,4-5,8-14H2;1H. The number of carbonyl (C=O) groups excluding carboxylic acids is 1. The summed E-state index contributed by atoms with van der Waals surface area (Å²) >= 11 is 0. The highest BCUT2D eigenvalue weighted by molar-refractivity contribution is 5.85. The highest BCUT2D eigenvalue weighted by Gasteiger charge is 2.32. The van der Waals surface area contributed by atoms with Crippen molar-refractivity contribution in [2.75, 3.05) is 26.2 Å². The molecule has 23 heavy (non-hydrogen) atoms. The number of carbonyl (C=O) groups is 1. The van der Waals surface area contributed by atoms with Crippen LogP contribution in [0.5, 0.6) is 0 Å². The zero-order valence-corrected chi connectivity index (χ0v) is 14.4. The Balaban J connectivity index is 0.00000192. The van der Waals surface area contributed by atoms with E-state index in [0.717, 1.165) is 32.4 Å². The molecule has 2 fully saturated rings. The van der Waals surface area contributed by atoms with E-state index in [1.807, 2.05) is 6.07 Å². The zero-order valence-electron chi connectivity index (χ0n) is 13.6. The number of nitrogens with one attached hydrogen (secondary N) is 1. The van der Waals surface area contributed by atoms with Crippen molar-refractivity contribution in [3.63, 3.8) is 0 Å². The van der Waals surface area contributed by atoms with Gasteiger partial charge < -0.3 is 15.0 Å². The largest absolute Gasteiger partial charge is 0.366 e. The maximum Gasteiger partial charge on any atom is 0.253 e. The van der Waals surface area contributed by atoms with Crippen LogP contribution in [0.4, 0.5) is 0 Å². The van der Waals surface area contributed by atoms with Gasteiger partial charge in [0.15, 0.2) is 0 Å². The summed E-state index contributed by atoms with van der Waals surface area (Å²) < 4.78 is 5.68. The fraction of sp³-hybridized carbons (Fsp3) is 0.611. The summed E-state index contributed by atoms with van der Waals surface area (Å²) in [7, 11) is 0. The molecular formula is C18H27ClN2O2. The normalized spacial score (nSPS) is 21.7. The van der Waals surface area contributed by atoms with Crippen LogP contribution < -0.4 is 5.32 Å².